The van der Waals surface area contributed by atoms with Crippen LogP contribution in [0.15, 0.2) is 54.4 Å². The molecule has 0 bridgehead atoms. The molecule has 3 nitrogen and oxygen atoms in total. The largest absolute Gasteiger partial charge is 0.573 e. The summed E-state index contributed by atoms with van der Waals surface area (Å²) in [6.07, 6.45) is -7.09. The maximum atomic E-state index is 14.8. The molecule has 3 aromatic carbocycles. The van der Waals surface area contributed by atoms with Crippen LogP contribution in [-0.2, 0) is 22.3 Å². The SMILES string of the molecule is CCC(F)=C(F)c1ccc(C2COC(c3cc(F)c(CCc4cc(F)c(OC(F)(F)F)c(F)c4)c(F)c3)OC2)cc1. The van der Waals surface area contributed by atoms with Crippen LogP contribution in [0.25, 0.3) is 5.83 Å². The van der Waals surface area contributed by atoms with Gasteiger partial charge in [0.15, 0.2) is 23.8 Å². The first-order chi connectivity index (χ1) is 19.4. The molecule has 0 aromatic heterocycles. The Balaban J connectivity index is 1.38. The molecule has 0 radical (unpaired) electrons. The zero-order valence-corrected chi connectivity index (χ0v) is 21.4. The number of hydrogen-bond donors (Lipinski definition) is 0. The number of aryl methyl sites for hydroxylation is 1. The summed E-state index contributed by atoms with van der Waals surface area (Å²) >= 11 is 0. The summed E-state index contributed by atoms with van der Waals surface area (Å²) in [6, 6.07) is 9.27. The van der Waals surface area contributed by atoms with Crippen LogP contribution in [0, 0.1) is 23.3 Å². The second-order valence-corrected chi connectivity index (χ2v) is 9.29. The van der Waals surface area contributed by atoms with Crippen molar-refractivity contribution in [3.63, 3.8) is 0 Å². The van der Waals surface area contributed by atoms with Gasteiger partial charge in [-0.25, -0.2) is 26.3 Å². The smallest absolute Gasteiger partial charge is 0.399 e. The standard InChI is InChI=1S/C29H23F9O3/c1-2-21(30)26(35)17-6-4-16(5-7-17)19-13-39-28(40-14-19)18-11-22(31)20(23(32)12-18)8-3-15-9-24(33)27(25(34)10-15)41-29(36,37)38/h4-7,9-12,19,28H,2-3,8,13-14H2,1H3. The molecule has 1 aliphatic rings. The van der Waals surface area contributed by atoms with Crippen molar-refractivity contribution in [2.45, 2.75) is 44.8 Å². The van der Waals surface area contributed by atoms with Crippen LogP contribution in [0.1, 0.15) is 53.4 Å². The Morgan fingerprint density at radius 1 is 0.805 bits per heavy atom. The fraction of sp³-hybridized carbons (Fsp3) is 0.310. The summed E-state index contributed by atoms with van der Waals surface area (Å²) in [5.74, 6) is -8.85. The monoisotopic (exact) mass is 590 g/mol. The maximum absolute atomic E-state index is 14.8. The molecule has 41 heavy (non-hydrogen) atoms. The summed E-state index contributed by atoms with van der Waals surface area (Å²) < 4.78 is 137. The van der Waals surface area contributed by atoms with Crippen LogP contribution in [0.2, 0.25) is 0 Å². The lowest BCUT2D eigenvalue weighted by atomic mass is 9.98. The zero-order chi connectivity index (χ0) is 29.9. The van der Waals surface area contributed by atoms with Crippen LogP contribution >= 0.6 is 0 Å². The first-order valence-electron chi connectivity index (χ1n) is 12.5. The molecule has 0 amide bonds. The molecule has 12 heteroatoms. The van der Waals surface area contributed by atoms with Gasteiger partial charge < -0.3 is 14.2 Å². The van der Waals surface area contributed by atoms with Gasteiger partial charge in [0.05, 0.1) is 13.2 Å². The second-order valence-electron chi connectivity index (χ2n) is 9.29. The van der Waals surface area contributed by atoms with E-state index in [0.29, 0.717) is 12.1 Å². The Morgan fingerprint density at radius 2 is 1.37 bits per heavy atom. The third kappa shape index (κ3) is 7.42. The minimum absolute atomic E-state index is 0.0468. The first-order valence-corrected chi connectivity index (χ1v) is 12.5. The number of alkyl halides is 3. The van der Waals surface area contributed by atoms with Crippen molar-refractivity contribution in [1.82, 2.24) is 0 Å². The van der Waals surface area contributed by atoms with Crippen LogP contribution in [-0.4, -0.2) is 19.6 Å². The molecule has 1 fully saturated rings. The molecule has 0 saturated carbocycles. The molecular weight excluding hydrogens is 567 g/mol. The lowest BCUT2D eigenvalue weighted by molar-refractivity contribution is -0.276. The molecule has 1 saturated heterocycles. The van der Waals surface area contributed by atoms with Crippen LogP contribution in [0.3, 0.4) is 0 Å². The zero-order valence-electron chi connectivity index (χ0n) is 21.4. The summed E-state index contributed by atoms with van der Waals surface area (Å²) in [5, 5.41) is 0. The molecule has 4 rings (SSSR count). The van der Waals surface area contributed by atoms with E-state index in [2.05, 4.69) is 4.74 Å². The highest BCUT2D eigenvalue weighted by Crippen LogP contribution is 2.34. The van der Waals surface area contributed by atoms with Gasteiger partial charge in [-0.3, -0.25) is 0 Å². The third-order valence-electron chi connectivity index (χ3n) is 6.46. The lowest BCUT2D eigenvalue weighted by Crippen LogP contribution is -2.26. The van der Waals surface area contributed by atoms with E-state index < -0.39 is 58.9 Å². The average molecular weight is 590 g/mol. The molecule has 1 heterocycles. The lowest BCUT2D eigenvalue weighted by Gasteiger charge is -2.30. The number of rotatable bonds is 8. The molecular formula is C29H23F9O3. The van der Waals surface area contributed by atoms with Crippen LogP contribution < -0.4 is 4.74 Å². The van der Waals surface area contributed by atoms with Gasteiger partial charge in [-0.1, -0.05) is 31.2 Å². The van der Waals surface area contributed by atoms with Crippen LogP contribution in [0.5, 0.6) is 5.75 Å². The number of halogens is 9. The summed E-state index contributed by atoms with van der Waals surface area (Å²) in [5.41, 5.74) is 0.336. The van der Waals surface area contributed by atoms with Crippen molar-refractivity contribution < 1.29 is 53.7 Å². The van der Waals surface area contributed by atoms with Gasteiger partial charge in [0.2, 0.25) is 5.75 Å². The highest BCUT2D eigenvalue weighted by atomic mass is 19.4. The van der Waals surface area contributed by atoms with Crippen molar-refractivity contribution in [3.8, 4) is 5.75 Å². The topological polar surface area (TPSA) is 27.7 Å². The Morgan fingerprint density at radius 3 is 1.88 bits per heavy atom. The normalized spacial score (nSPS) is 18.3. The van der Waals surface area contributed by atoms with E-state index in [4.69, 9.17) is 9.47 Å². The van der Waals surface area contributed by atoms with Gasteiger partial charge in [-0.2, -0.15) is 0 Å². The van der Waals surface area contributed by atoms with Crippen molar-refractivity contribution in [2.75, 3.05) is 13.2 Å². The van der Waals surface area contributed by atoms with E-state index in [1.54, 1.807) is 12.1 Å². The van der Waals surface area contributed by atoms with Gasteiger partial charge in [0.25, 0.3) is 0 Å². The minimum Gasteiger partial charge on any atom is -0.399 e. The van der Waals surface area contributed by atoms with E-state index in [9.17, 15) is 39.5 Å². The fourth-order valence-corrected chi connectivity index (χ4v) is 4.34. The van der Waals surface area contributed by atoms with E-state index in [1.165, 1.54) is 19.1 Å². The number of hydrogen-bond acceptors (Lipinski definition) is 3. The van der Waals surface area contributed by atoms with Crippen molar-refractivity contribution in [2.24, 2.45) is 0 Å². The van der Waals surface area contributed by atoms with E-state index >= 15 is 0 Å². The summed E-state index contributed by atoms with van der Waals surface area (Å²) in [7, 11) is 0. The molecule has 0 N–H and O–H groups in total. The third-order valence-corrected chi connectivity index (χ3v) is 6.46. The highest BCUT2D eigenvalue weighted by Gasteiger charge is 2.34. The van der Waals surface area contributed by atoms with Crippen molar-refractivity contribution >= 4 is 5.83 Å². The van der Waals surface area contributed by atoms with Gasteiger partial charge in [-0.05, 0) is 54.7 Å². The van der Waals surface area contributed by atoms with Crippen molar-refractivity contribution in [1.29, 1.82) is 0 Å². The number of benzene rings is 3. The number of allylic oxidation sites excluding steroid dienone is 1. The Hall–Kier alpha value is -3.51. The molecule has 0 unspecified atom stereocenters. The second kappa shape index (κ2) is 12.6. The maximum Gasteiger partial charge on any atom is 0.573 e. The van der Waals surface area contributed by atoms with E-state index in [1.807, 2.05) is 0 Å². The highest BCUT2D eigenvalue weighted by molar-refractivity contribution is 5.61. The molecule has 1 aliphatic heterocycles. The fourth-order valence-electron chi connectivity index (χ4n) is 4.34. The Labute approximate surface area is 229 Å². The summed E-state index contributed by atoms with van der Waals surface area (Å²) in [6.45, 7) is 1.72. The molecule has 3 aromatic rings. The van der Waals surface area contributed by atoms with Gasteiger partial charge in [-0.15, -0.1) is 13.2 Å². The molecule has 0 atom stereocenters. The van der Waals surface area contributed by atoms with Crippen LogP contribution in [0.4, 0.5) is 39.5 Å². The Kier molecular flexibility index (Phi) is 9.33. The minimum atomic E-state index is -5.30. The van der Waals surface area contributed by atoms with E-state index in [-0.39, 0.29) is 55.1 Å². The predicted molar refractivity (Wildman–Crippen MR) is 130 cm³/mol. The summed E-state index contributed by atoms with van der Waals surface area (Å²) in [4.78, 5) is 0. The quantitative estimate of drug-likeness (QED) is 0.246. The van der Waals surface area contributed by atoms with E-state index in [0.717, 1.165) is 17.7 Å². The molecule has 0 spiro atoms. The van der Waals surface area contributed by atoms with Crippen molar-refractivity contribution in [3.05, 3.63) is 105 Å². The van der Waals surface area contributed by atoms with Gasteiger partial charge in [0, 0.05) is 22.6 Å². The number of ether oxygens (including phenoxy) is 3. The Bertz CT molecular complexity index is 1360. The van der Waals surface area contributed by atoms with Gasteiger partial charge in [0.1, 0.15) is 17.5 Å². The average Bonchev–Trinajstić information content (AvgIpc) is 2.93. The van der Waals surface area contributed by atoms with Gasteiger partial charge >= 0.3 is 6.36 Å². The predicted octanol–water partition coefficient (Wildman–Crippen LogP) is 8.77. The molecule has 0 aliphatic carbocycles. The first kappa shape index (κ1) is 30.4. The molecule has 220 valence electrons.